The molecule has 1 aliphatic heterocycles. The van der Waals surface area contributed by atoms with E-state index in [1.807, 2.05) is 12.1 Å². The maximum atomic E-state index is 11.1. The number of hydrogen-bond donors (Lipinski definition) is 0. The SMILES string of the molecule is CC1=NOC(C)(/C=C/c2ccc(Cl)cc2)[C@H]1[N+](=O)[O-]. The Balaban J connectivity index is 2.22. The van der Waals surface area contributed by atoms with Gasteiger partial charge in [0.2, 0.25) is 5.60 Å². The Morgan fingerprint density at radius 3 is 2.68 bits per heavy atom. The van der Waals surface area contributed by atoms with Crippen molar-refractivity contribution in [2.75, 3.05) is 0 Å². The summed E-state index contributed by atoms with van der Waals surface area (Å²) in [5.41, 5.74) is 0.196. The maximum absolute atomic E-state index is 11.1. The molecule has 0 bridgehead atoms. The fourth-order valence-corrected chi connectivity index (χ4v) is 2.13. The Hall–Kier alpha value is -1.88. The van der Waals surface area contributed by atoms with Gasteiger partial charge in [-0.05, 0) is 37.6 Å². The largest absolute Gasteiger partial charge is 0.377 e. The minimum absolute atomic E-state index is 0.369. The number of oxime groups is 1. The molecule has 0 saturated carbocycles. The average molecular weight is 281 g/mol. The molecule has 1 aromatic carbocycles. The number of nitrogens with zero attached hydrogens (tertiary/aromatic N) is 2. The molecule has 0 amide bonds. The zero-order valence-corrected chi connectivity index (χ0v) is 11.3. The van der Waals surface area contributed by atoms with Crippen LogP contribution in [-0.2, 0) is 4.84 Å². The molecule has 0 radical (unpaired) electrons. The predicted octanol–water partition coefficient (Wildman–Crippen LogP) is 3.16. The van der Waals surface area contributed by atoms with Crippen LogP contribution in [0.3, 0.4) is 0 Å². The van der Waals surface area contributed by atoms with Crippen molar-refractivity contribution in [2.24, 2.45) is 5.16 Å². The lowest BCUT2D eigenvalue weighted by Gasteiger charge is -2.19. The molecule has 0 spiro atoms. The van der Waals surface area contributed by atoms with Gasteiger partial charge >= 0.3 is 0 Å². The Bertz CT molecular complexity index is 554. The van der Waals surface area contributed by atoms with Gasteiger partial charge in [-0.25, -0.2) is 0 Å². The second-order valence-corrected chi connectivity index (χ2v) is 5.02. The molecule has 6 heteroatoms. The molecule has 0 saturated heterocycles. The summed E-state index contributed by atoms with van der Waals surface area (Å²) in [6.45, 7) is 3.24. The van der Waals surface area contributed by atoms with E-state index in [0.29, 0.717) is 10.7 Å². The smallest absolute Gasteiger partial charge is 0.298 e. The molecule has 2 rings (SSSR count). The van der Waals surface area contributed by atoms with Crippen molar-refractivity contribution in [1.29, 1.82) is 0 Å². The first-order valence-corrected chi connectivity index (χ1v) is 6.11. The molecule has 0 fully saturated rings. The first-order valence-electron chi connectivity index (χ1n) is 5.73. The lowest BCUT2D eigenvalue weighted by atomic mass is 9.93. The van der Waals surface area contributed by atoms with Gasteiger partial charge in [0.15, 0.2) is 0 Å². The van der Waals surface area contributed by atoms with Gasteiger partial charge in [0.05, 0.1) is 0 Å². The topological polar surface area (TPSA) is 64.7 Å². The van der Waals surface area contributed by atoms with E-state index in [1.165, 1.54) is 0 Å². The normalized spacial score (nSPS) is 26.3. The van der Waals surface area contributed by atoms with E-state index in [4.69, 9.17) is 16.4 Å². The van der Waals surface area contributed by atoms with Crippen LogP contribution in [0.5, 0.6) is 0 Å². The molecule has 2 atom stereocenters. The maximum Gasteiger partial charge on any atom is 0.298 e. The summed E-state index contributed by atoms with van der Waals surface area (Å²) < 4.78 is 0. The Kier molecular flexibility index (Phi) is 3.57. The van der Waals surface area contributed by atoms with Crippen molar-refractivity contribution in [1.82, 2.24) is 0 Å². The van der Waals surface area contributed by atoms with Gasteiger partial charge in [0.25, 0.3) is 6.04 Å². The van der Waals surface area contributed by atoms with Crippen LogP contribution in [0.2, 0.25) is 5.02 Å². The quantitative estimate of drug-likeness (QED) is 0.631. The van der Waals surface area contributed by atoms with Crippen LogP contribution in [0.25, 0.3) is 6.08 Å². The van der Waals surface area contributed by atoms with Crippen molar-refractivity contribution in [3.05, 3.63) is 51.0 Å². The Morgan fingerprint density at radius 2 is 2.11 bits per heavy atom. The summed E-state index contributed by atoms with van der Waals surface area (Å²) in [6, 6.07) is 6.20. The van der Waals surface area contributed by atoms with Crippen molar-refractivity contribution < 1.29 is 9.76 Å². The third-order valence-corrected chi connectivity index (χ3v) is 3.26. The van der Waals surface area contributed by atoms with Gasteiger partial charge < -0.3 is 4.84 Å². The van der Waals surface area contributed by atoms with Gasteiger partial charge in [0.1, 0.15) is 5.71 Å². The molecule has 1 unspecified atom stereocenters. The van der Waals surface area contributed by atoms with Gasteiger partial charge in [-0.3, -0.25) is 10.1 Å². The highest BCUT2D eigenvalue weighted by Gasteiger charge is 2.50. The van der Waals surface area contributed by atoms with E-state index in [2.05, 4.69) is 5.16 Å². The van der Waals surface area contributed by atoms with E-state index >= 15 is 0 Å². The molecular formula is C13H13ClN2O3. The van der Waals surface area contributed by atoms with Crippen molar-refractivity contribution in [3.8, 4) is 0 Å². The molecule has 0 N–H and O–H groups in total. The van der Waals surface area contributed by atoms with Gasteiger partial charge in [-0.1, -0.05) is 35.0 Å². The van der Waals surface area contributed by atoms with Crippen molar-refractivity contribution >= 4 is 23.4 Å². The van der Waals surface area contributed by atoms with Crippen LogP contribution < -0.4 is 0 Å². The van der Waals surface area contributed by atoms with Gasteiger partial charge in [-0.15, -0.1) is 0 Å². The van der Waals surface area contributed by atoms with Gasteiger partial charge in [0, 0.05) is 9.95 Å². The zero-order valence-electron chi connectivity index (χ0n) is 10.5. The summed E-state index contributed by atoms with van der Waals surface area (Å²) in [5, 5.41) is 15.4. The van der Waals surface area contributed by atoms with Crippen LogP contribution in [0.1, 0.15) is 19.4 Å². The fraction of sp³-hybridized carbons (Fsp3) is 0.308. The number of nitro groups is 1. The van der Waals surface area contributed by atoms with E-state index in [0.717, 1.165) is 5.56 Å². The third-order valence-electron chi connectivity index (χ3n) is 3.01. The highest BCUT2D eigenvalue weighted by Crippen LogP contribution is 2.28. The van der Waals surface area contributed by atoms with Gasteiger partial charge in [-0.2, -0.15) is 0 Å². The molecule has 100 valence electrons. The fourth-order valence-electron chi connectivity index (χ4n) is 2.00. The molecule has 0 aromatic heterocycles. The molecule has 19 heavy (non-hydrogen) atoms. The van der Waals surface area contributed by atoms with Crippen LogP contribution in [0.15, 0.2) is 35.5 Å². The predicted molar refractivity (Wildman–Crippen MR) is 73.9 cm³/mol. The minimum atomic E-state index is -1.06. The Labute approximate surface area is 115 Å². The molecule has 1 aliphatic rings. The van der Waals surface area contributed by atoms with Crippen LogP contribution in [0, 0.1) is 10.1 Å². The van der Waals surface area contributed by atoms with Crippen LogP contribution in [0.4, 0.5) is 0 Å². The molecule has 1 heterocycles. The first-order chi connectivity index (χ1) is 8.92. The number of rotatable bonds is 3. The van der Waals surface area contributed by atoms with Crippen molar-refractivity contribution in [2.45, 2.75) is 25.5 Å². The molecule has 5 nitrogen and oxygen atoms in total. The summed E-state index contributed by atoms with van der Waals surface area (Å²) in [7, 11) is 0. The van der Waals surface area contributed by atoms with Crippen LogP contribution >= 0.6 is 11.6 Å². The Morgan fingerprint density at radius 1 is 1.47 bits per heavy atom. The minimum Gasteiger partial charge on any atom is -0.377 e. The second kappa shape index (κ2) is 5.01. The molecule has 1 aromatic rings. The lowest BCUT2D eigenvalue weighted by Crippen LogP contribution is -2.44. The third kappa shape index (κ3) is 2.76. The summed E-state index contributed by atoms with van der Waals surface area (Å²) in [5.74, 6) is 0. The zero-order chi connectivity index (χ0) is 14.0. The van der Waals surface area contributed by atoms with E-state index in [1.54, 1.807) is 38.1 Å². The number of halogens is 1. The standard InChI is InChI=1S/C13H13ClN2O3/c1-9-12(16(17)18)13(2,19-15-9)8-7-10-3-5-11(14)6-4-10/h3-8,12H,1-2H3/b8-7+/t12-,13?/m0/s1. The second-order valence-electron chi connectivity index (χ2n) is 4.58. The van der Waals surface area contributed by atoms with E-state index in [9.17, 15) is 10.1 Å². The highest BCUT2D eigenvalue weighted by molar-refractivity contribution is 6.30. The summed E-state index contributed by atoms with van der Waals surface area (Å²) in [6.07, 6.45) is 3.42. The number of benzene rings is 1. The summed E-state index contributed by atoms with van der Waals surface area (Å²) >= 11 is 5.79. The average Bonchev–Trinajstić information content (AvgIpc) is 2.65. The lowest BCUT2D eigenvalue weighted by molar-refractivity contribution is -0.517. The molecular weight excluding hydrogens is 268 g/mol. The summed E-state index contributed by atoms with van der Waals surface area (Å²) in [4.78, 5) is 15.9. The van der Waals surface area contributed by atoms with E-state index in [-0.39, 0.29) is 4.92 Å². The highest BCUT2D eigenvalue weighted by atomic mass is 35.5. The monoisotopic (exact) mass is 280 g/mol. The number of hydrogen-bond acceptors (Lipinski definition) is 4. The van der Waals surface area contributed by atoms with Crippen LogP contribution in [-0.4, -0.2) is 22.3 Å². The first kappa shape index (κ1) is 13.5. The van der Waals surface area contributed by atoms with Crippen molar-refractivity contribution in [3.63, 3.8) is 0 Å². The molecule has 0 aliphatic carbocycles. The van der Waals surface area contributed by atoms with E-state index < -0.39 is 11.6 Å².